The fourth-order valence-electron chi connectivity index (χ4n) is 1.71. The van der Waals surface area contributed by atoms with E-state index in [-0.39, 0.29) is 11.3 Å². The Bertz CT molecular complexity index is 731. The van der Waals surface area contributed by atoms with E-state index in [0.717, 1.165) is 0 Å². The zero-order chi connectivity index (χ0) is 15.7. The molecule has 21 heavy (non-hydrogen) atoms. The van der Waals surface area contributed by atoms with Gasteiger partial charge in [0.1, 0.15) is 5.56 Å². The van der Waals surface area contributed by atoms with Crippen molar-refractivity contribution in [3.05, 3.63) is 45.3 Å². The summed E-state index contributed by atoms with van der Waals surface area (Å²) in [5, 5.41) is 28.7. The van der Waals surface area contributed by atoms with Gasteiger partial charge in [0.15, 0.2) is 0 Å². The summed E-state index contributed by atoms with van der Waals surface area (Å²) in [6.07, 6.45) is 0. The van der Waals surface area contributed by atoms with Gasteiger partial charge in [-0.1, -0.05) is 6.07 Å². The lowest BCUT2D eigenvalue weighted by molar-refractivity contribution is -0.384. The minimum absolute atomic E-state index is 0.0880. The van der Waals surface area contributed by atoms with Crippen LogP contribution in [0.4, 0.5) is 5.69 Å². The number of carbonyl (C=O) groups is 2. The molecule has 0 saturated heterocycles. The fraction of sp³-hybridized carbons (Fsp3) is 0.0833. The van der Waals surface area contributed by atoms with Crippen LogP contribution in [-0.2, 0) is 0 Å². The number of hydrogen-bond donors (Lipinski definition) is 2. The average Bonchev–Trinajstić information content (AvgIpc) is 2.83. The van der Waals surface area contributed by atoms with Crippen molar-refractivity contribution in [1.29, 1.82) is 0 Å². The maximum atomic E-state index is 11.0. The molecule has 0 unspecified atom stereocenters. The molecule has 0 bridgehead atoms. The topological polar surface area (TPSA) is 144 Å². The predicted octanol–water partition coefficient (Wildman–Crippen LogP) is 1.95. The highest BCUT2D eigenvalue weighted by Crippen LogP contribution is 2.31. The second-order valence-electron chi connectivity index (χ2n) is 4.08. The monoisotopic (exact) mass is 292 g/mol. The molecule has 0 fully saturated rings. The van der Waals surface area contributed by atoms with Crippen LogP contribution >= 0.6 is 0 Å². The Kier molecular flexibility index (Phi) is 3.40. The molecule has 0 aliphatic heterocycles. The molecule has 9 heteroatoms. The first-order valence-corrected chi connectivity index (χ1v) is 5.54. The first kappa shape index (κ1) is 14.2. The van der Waals surface area contributed by atoms with Crippen molar-refractivity contribution in [3.8, 4) is 11.5 Å². The number of nitrogens with zero attached hydrogens (tertiary/aromatic N) is 2. The van der Waals surface area contributed by atoms with Crippen LogP contribution in [0.1, 0.15) is 26.6 Å². The third-order valence-electron chi connectivity index (χ3n) is 2.60. The molecule has 9 nitrogen and oxygen atoms in total. The number of aromatic carboxylic acids is 2. The Morgan fingerprint density at radius 3 is 2.43 bits per heavy atom. The predicted molar refractivity (Wildman–Crippen MR) is 67.2 cm³/mol. The number of carboxylic acids is 2. The van der Waals surface area contributed by atoms with Gasteiger partial charge in [0.05, 0.1) is 4.92 Å². The lowest BCUT2D eigenvalue weighted by atomic mass is 10.1. The third kappa shape index (κ3) is 2.56. The smallest absolute Gasteiger partial charge is 0.374 e. The van der Waals surface area contributed by atoms with E-state index in [9.17, 15) is 19.7 Å². The second-order valence-corrected chi connectivity index (χ2v) is 4.08. The second kappa shape index (κ2) is 5.04. The number of oxazole rings is 1. The number of aromatic nitrogens is 1. The summed E-state index contributed by atoms with van der Waals surface area (Å²) in [4.78, 5) is 35.7. The van der Waals surface area contributed by atoms with Crippen LogP contribution in [0.5, 0.6) is 0 Å². The summed E-state index contributed by atoms with van der Waals surface area (Å²) in [7, 11) is 0. The van der Waals surface area contributed by atoms with Gasteiger partial charge in [-0.05, 0) is 18.6 Å². The molecule has 2 rings (SSSR count). The molecule has 1 aromatic heterocycles. The van der Waals surface area contributed by atoms with Gasteiger partial charge in [0.25, 0.3) is 5.69 Å². The fourth-order valence-corrected chi connectivity index (χ4v) is 1.71. The summed E-state index contributed by atoms with van der Waals surface area (Å²) >= 11 is 0. The van der Waals surface area contributed by atoms with Gasteiger partial charge < -0.3 is 14.6 Å². The first-order valence-electron chi connectivity index (χ1n) is 5.54. The van der Waals surface area contributed by atoms with E-state index >= 15 is 0 Å². The molecule has 0 aliphatic rings. The molecule has 0 atom stereocenters. The maximum absolute atomic E-state index is 11.0. The lowest BCUT2D eigenvalue weighted by Gasteiger charge is -1.99. The van der Waals surface area contributed by atoms with Crippen LogP contribution in [0.2, 0.25) is 0 Å². The first-order chi connectivity index (χ1) is 9.81. The van der Waals surface area contributed by atoms with Crippen molar-refractivity contribution in [2.24, 2.45) is 0 Å². The zero-order valence-electron chi connectivity index (χ0n) is 10.6. The number of hydrogen-bond acceptors (Lipinski definition) is 6. The molecule has 0 saturated carbocycles. The maximum Gasteiger partial charge on any atom is 0.374 e. The number of carboxylic acid groups (broad SMARTS) is 2. The van der Waals surface area contributed by atoms with Crippen molar-refractivity contribution < 1.29 is 29.1 Å². The van der Waals surface area contributed by atoms with E-state index < -0.39 is 34.2 Å². The summed E-state index contributed by atoms with van der Waals surface area (Å²) in [5.74, 6) is -4.53. The van der Waals surface area contributed by atoms with Crippen LogP contribution in [0.25, 0.3) is 11.5 Å². The number of nitro groups is 1. The molecular formula is C12H8N2O7. The molecule has 0 spiro atoms. The van der Waals surface area contributed by atoms with E-state index in [0.29, 0.717) is 5.56 Å². The van der Waals surface area contributed by atoms with Crippen LogP contribution < -0.4 is 0 Å². The Balaban J connectivity index is 2.70. The van der Waals surface area contributed by atoms with Gasteiger partial charge in [-0.25, -0.2) is 14.6 Å². The van der Waals surface area contributed by atoms with E-state index in [1.165, 1.54) is 18.2 Å². The number of aryl methyl sites for hydroxylation is 1. The summed E-state index contributed by atoms with van der Waals surface area (Å²) in [6.45, 7) is 1.66. The van der Waals surface area contributed by atoms with Gasteiger partial charge in [-0.15, -0.1) is 0 Å². The molecule has 108 valence electrons. The van der Waals surface area contributed by atoms with Crippen LogP contribution in [0, 0.1) is 17.0 Å². The minimum atomic E-state index is -1.62. The number of nitro benzene ring substituents is 1. The molecular weight excluding hydrogens is 284 g/mol. The molecule has 2 N–H and O–H groups in total. The Morgan fingerprint density at radius 2 is 1.95 bits per heavy atom. The number of rotatable bonds is 4. The molecule has 1 heterocycles. The summed E-state index contributed by atoms with van der Waals surface area (Å²) in [5.41, 5.74) is -0.624. The lowest BCUT2D eigenvalue weighted by Crippen LogP contribution is -2.05. The van der Waals surface area contributed by atoms with Gasteiger partial charge in [0.2, 0.25) is 17.3 Å². The van der Waals surface area contributed by atoms with Crippen molar-refractivity contribution in [2.45, 2.75) is 6.92 Å². The SMILES string of the molecule is Cc1ccc([N+](=O)[O-])c(-c2nc(C(=O)O)c(C(=O)O)o2)c1. The number of benzene rings is 1. The van der Waals surface area contributed by atoms with Crippen molar-refractivity contribution in [2.75, 3.05) is 0 Å². The van der Waals surface area contributed by atoms with E-state index in [4.69, 9.17) is 14.6 Å². The molecule has 0 amide bonds. The van der Waals surface area contributed by atoms with Gasteiger partial charge in [0, 0.05) is 6.07 Å². The highest BCUT2D eigenvalue weighted by molar-refractivity contribution is 5.98. The van der Waals surface area contributed by atoms with E-state index in [1.807, 2.05) is 0 Å². The molecule has 1 aromatic carbocycles. The standard InChI is InChI=1S/C12H8N2O7/c1-5-2-3-7(14(19)20)6(4-5)10-13-8(11(15)16)9(21-10)12(17)18/h2-4H,1H3,(H,15,16)(H,17,18). The Hall–Kier alpha value is -3.23. The zero-order valence-corrected chi connectivity index (χ0v) is 10.6. The summed E-state index contributed by atoms with van der Waals surface area (Å²) in [6, 6.07) is 4.05. The van der Waals surface area contributed by atoms with Crippen LogP contribution in [0.15, 0.2) is 22.6 Å². The van der Waals surface area contributed by atoms with Crippen molar-refractivity contribution >= 4 is 17.6 Å². The Morgan fingerprint density at radius 1 is 1.29 bits per heavy atom. The minimum Gasteiger partial charge on any atom is -0.476 e. The summed E-state index contributed by atoms with van der Waals surface area (Å²) < 4.78 is 4.87. The molecule has 0 aliphatic carbocycles. The average molecular weight is 292 g/mol. The van der Waals surface area contributed by atoms with Gasteiger partial charge >= 0.3 is 11.9 Å². The van der Waals surface area contributed by atoms with Crippen LogP contribution in [0.3, 0.4) is 0 Å². The normalized spacial score (nSPS) is 10.3. The van der Waals surface area contributed by atoms with E-state index in [2.05, 4.69) is 4.98 Å². The Labute approximate surface area is 116 Å². The highest BCUT2D eigenvalue weighted by atomic mass is 16.6. The highest BCUT2D eigenvalue weighted by Gasteiger charge is 2.28. The molecule has 2 aromatic rings. The van der Waals surface area contributed by atoms with Crippen molar-refractivity contribution in [1.82, 2.24) is 4.98 Å². The third-order valence-corrected chi connectivity index (χ3v) is 2.60. The quantitative estimate of drug-likeness (QED) is 0.642. The van der Waals surface area contributed by atoms with Crippen LogP contribution in [-0.4, -0.2) is 32.1 Å². The van der Waals surface area contributed by atoms with Gasteiger partial charge in [-0.3, -0.25) is 10.1 Å². The van der Waals surface area contributed by atoms with E-state index in [1.54, 1.807) is 6.92 Å². The molecule has 0 radical (unpaired) electrons. The largest absolute Gasteiger partial charge is 0.476 e. The van der Waals surface area contributed by atoms with Crippen molar-refractivity contribution in [3.63, 3.8) is 0 Å². The van der Waals surface area contributed by atoms with Gasteiger partial charge in [-0.2, -0.15) is 0 Å².